The Morgan fingerprint density at radius 1 is 1.06 bits per heavy atom. The molecule has 0 spiro atoms. The number of fused-ring (bicyclic) bond motifs is 3. The molecule has 36 heavy (non-hydrogen) atoms. The van der Waals surface area contributed by atoms with Gasteiger partial charge in [0.1, 0.15) is 17.4 Å². The van der Waals surface area contributed by atoms with Crippen molar-refractivity contribution in [3.05, 3.63) is 53.1 Å². The number of benzene rings is 2. The molecule has 0 N–H and O–H groups in total. The fourth-order valence-electron chi connectivity index (χ4n) is 4.04. The standard InChI is InChI=1S/C28H29N3O5/c1-5-8-9-24(30-36-18(4)32)27(33)20-11-13-26-23(16-20)22-15-19(10-12-25(22)31(26)6-2)14-21(17-29)28(34)35-7-3/h10-16H,5-9H2,1-4H3. The minimum Gasteiger partial charge on any atom is -0.462 e. The van der Waals surface area contributed by atoms with Crippen LogP contribution in [0.1, 0.15) is 62.9 Å². The van der Waals surface area contributed by atoms with Crippen LogP contribution in [0.15, 0.2) is 47.1 Å². The molecule has 0 atom stereocenters. The summed E-state index contributed by atoms with van der Waals surface area (Å²) < 4.78 is 7.09. The number of ketones is 1. The smallest absolute Gasteiger partial charge is 0.348 e. The number of ether oxygens (including phenoxy) is 1. The first-order valence-electron chi connectivity index (χ1n) is 12.0. The second kappa shape index (κ2) is 11.9. The van der Waals surface area contributed by atoms with Crippen molar-refractivity contribution in [1.82, 2.24) is 4.57 Å². The maximum Gasteiger partial charge on any atom is 0.348 e. The van der Waals surface area contributed by atoms with Gasteiger partial charge < -0.3 is 14.1 Å². The van der Waals surface area contributed by atoms with Crippen LogP contribution in [-0.4, -0.2) is 34.6 Å². The highest BCUT2D eigenvalue weighted by Crippen LogP contribution is 2.31. The monoisotopic (exact) mass is 487 g/mol. The molecule has 0 amide bonds. The summed E-state index contributed by atoms with van der Waals surface area (Å²) in [6.07, 6.45) is 3.50. The number of Topliss-reactive ketones (excluding diaryl/α,β-unsaturated/α-hetero) is 1. The van der Waals surface area contributed by atoms with E-state index in [-0.39, 0.29) is 23.7 Å². The molecule has 8 heteroatoms. The number of oxime groups is 1. The number of unbranched alkanes of at least 4 members (excludes halogenated alkanes) is 1. The number of rotatable bonds is 10. The lowest BCUT2D eigenvalue weighted by molar-refractivity contribution is -0.141. The van der Waals surface area contributed by atoms with E-state index in [9.17, 15) is 19.6 Å². The Morgan fingerprint density at radius 3 is 2.36 bits per heavy atom. The number of esters is 1. The van der Waals surface area contributed by atoms with Gasteiger partial charge in [-0.05, 0) is 68.7 Å². The van der Waals surface area contributed by atoms with Crippen molar-refractivity contribution in [2.75, 3.05) is 6.61 Å². The molecule has 0 bridgehead atoms. The molecule has 3 aromatic rings. The predicted molar refractivity (Wildman–Crippen MR) is 138 cm³/mol. The van der Waals surface area contributed by atoms with Crippen molar-refractivity contribution in [3.63, 3.8) is 0 Å². The number of nitrogens with zero attached hydrogens (tertiary/aromatic N) is 3. The Bertz CT molecular complexity index is 1420. The van der Waals surface area contributed by atoms with Gasteiger partial charge >= 0.3 is 11.9 Å². The molecule has 0 saturated carbocycles. The summed E-state index contributed by atoms with van der Waals surface area (Å²) >= 11 is 0. The largest absolute Gasteiger partial charge is 0.462 e. The van der Waals surface area contributed by atoms with E-state index >= 15 is 0 Å². The quantitative estimate of drug-likeness (QED) is 0.0702. The lowest BCUT2D eigenvalue weighted by Gasteiger charge is -2.06. The van der Waals surface area contributed by atoms with E-state index in [1.54, 1.807) is 13.0 Å². The number of carbonyl (C=O) groups excluding carboxylic acids is 3. The van der Waals surface area contributed by atoms with Crippen LogP contribution >= 0.6 is 0 Å². The zero-order valence-electron chi connectivity index (χ0n) is 21.0. The highest BCUT2D eigenvalue weighted by molar-refractivity contribution is 6.46. The first-order valence-corrected chi connectivity index (χ1v) is 12.0. The molecule has 1 heterocycles. The highest BCUT2D eigenvalue weighted by atomic mass is 16.7. The second-order valence-electron chi connectivity index (χ2n) is 8.20. The normalized spacial score (nSPS) is 12.0. The van der Waals surface area contributed by atoms with Crippen LogP contribution in [0.5, 0.6) is 0 Å². The SMILES string of the molecule is CCCCC(=NOC(C)=O)C(=O)c1ccc2c(c1)c1cc(C=C(C#N)C(=O)OCC)ccc1n2CC. The van der Waals surface area contributed by atoms with E-state index in [0.717, 1.165) is 34.6 Å². The van der Waals surface area contributed by atoms with Crippen molar-refractivity contribution in [1.29, 1.82) is 5.26 Å². The number of nitriles is 1. The summed E-state index contributed by atoms with van der Waals surface area (Å²) in [5.74, 6) is -1.55. The van der Waals surface area contributed by atoms with Gasteiger partial charge in [0.05, 0.1) is 6.61 Å². The molecule has 2 aromatic carbocycles. The molecule has 0 unspecified atom stereocenters. The van der Waals surface area contributed by atoms with Crippen molar-refractivity contribution < 1.29 is 24.0 Å². The van der Waals surface area contributed by atoms with Gasteiger partial charge in [-0.25, -0.2) is 9.59 Å². The van der Waals surface area contributed by atoms with Gasteiger partial charge in [-0.2, -0.15) is 5.26 Å². The first-order chi connectivity index (χ1) is 17.3. The molecule has 3 rings (SSSR count). The summed E-state index contributed by atoms with van der Waals surface area (Å²) in [5.41, 5.74) is 3.12. The summed E-state index contributed by atoms with van der Waals surface area (Å²) in [6, 6.07) is 13.0. The Balaban J connectivity index is 2.14. The van der Waals surface area contributed by atoms with Crippen molar-refractivity contribution >= 4 is 51.3 Å². The molecule has 0 aliphatic carbocycles. The van der Waals surface area contributed by atoms with Crippen LogP contribution in [-0.2, 0) is 25.7 Å². The van der Waals surface area contributed by atoms with Gasteiger partial charge in [-0.3, -0.25) is 4.79 Å². The van der Waals surface area contributed by atoms with E-state index in [0.29, 0.717) is 24.1 Å². The molecule has 0 aliphatic rings. The molecule has 0 saturated heterocycles. The van der Waals surface area contributed by atoms with Gasteiger partial charge in [0.2, 0.25) is 5.78 Å². The Hall–Kier alpha value is -4.25. The van der Waals surface area contributed by atoms with E-state index in [1.165, 1.54) is 13.0 Å². The Kier molecular flexibility index (Phi) is 8.74. The molecule has 186 valence electrons. The topological polar surface area (TPSA) is 111 Å². The van der Waals surface area contributed by atoms with E-state index < -0.39 is 11.9 Å². The van der Waals surface area contributed by atoms with Crippen molar-refractivity contribution in [2.24, 2.45) is 5.16 Å². The summed E-state index contributed by atoms with van der Waals surface area (Å²) in [4.78, 5) is 41.4. The highest BCUT2D eigenvalue weighted by Gasteiger charge is 2.18. The third-order valence-electron chi connectivity index (χ3n) is 5.71. The van der Waals surface area contributed by atoms with E-state index in [4.69, 9.17) is 9.57 Å². The predicted octanol–water partition coefficient (Wildman–Crippen LogP) is 5.58. The minimum atomic E-state index is -0.671. The van der Waals surface area contributed by atoms with Crippen LogP contribution < -0.4 is 0 Å². The summed E-state index contributed by atoms with van der Waals surface area (Å²) in [6.45, 7) is 7.86. The van der Waals surface area contributed by atoms with Gasteiger partial charge in [-0.1, -0.05) is 24.6 Å². The number of hydrogen-bond acceptors (Lipinski definition) is 7. The molecule has 8 nitrogen and oxygen atoms in total. The summed E-state index contributed by atoms with van der Waals surface area (Å²) in [5, 5.41) is 14.9. The van der Waals surface area contributed by atoms with Crippen molar-refractivity contribution in [3.8, 4) is 6.07 Å². The molecule has 0 aliphatic heterocycles. The third kappa shape index (κ3) is 5.69. The van der Waals surface area contributed by atoms with Crippen molar-refractivity contribution in [2.45, 2.75) is 53.5 Å². The Morgan fingerprint density at radius 2 is 1.75 bits per heavy atom. The third-order valence-corrected chi connectivity index (χ3v) is 5.71. The molecule has 1 aromatic heterocycles. The fourth-order valence-corrected chi connectivity index (χ4v) is 4.04. The van der Waals surface area contributed by atoms with Crippen LogP contribution in [0.2, 0.25) is 0 Å². The minimum absolute atomic E-state index is 0.0893. The Labute approximate surface area is 209 Å². The zero-order chi connectivity index (χ0) is 26.2. The molecule has 0 fully saturated rings. The van der Waals surface area contributed by atoms with Crippen LogP contribution in [0.3, 0.4) is 0 Å². The number of carbonyl (C=O) groups is 3. The number of hydrogen-bond donors (Lipinski definition) is 0. The molecular weight excluding hydrogens is 458 g/mol. The average Bonchev–Trinajstić information content (AvgIpc) is 3.19. The first kappa shape index (κ1) is 26.4. The average molecular weight is 488 g/mol. The fraction of sp³-hybridized carbons (Fsp3) is 0.321. The van der Waals surface area contributed by atoms with E-state index in [1.807, 2.05) is 50.2 Å². The zero-order valence-corrected chi connectivity index (χ0v) is 21.0. The second-order valence-corrected chi connectivity index (χ2v) is 8.20. The maximum absolute atomic E-state index is 13.3. The number of aromatic nitrogens is 1. The van der Waals surface area contributed by atoms with Gasteiger partial charge in [0.25, 0.3) is 0 Å². The number of aryl methyl sites for hydroxylation is 1. The van der Waals surface area contributed by atoms with Crippen LogP contribution in [0.4, 0.5) is 0 Å². The van der Waals surface area contributed by atoms with Gasteiger partial charge in [-0.15, -0.1) is 0 Å². The molecule has 0 radical (unpaired) electrons. The lowest BCUT2D eigenvalue weighted by atomic mass is 10.00. The maximum atomic E-state index is 13.3. The summed E-state index contributed by atoms with van der Waals surface area (Å²) in [7, 11) is 0. The molecular formula is C28H29N3O5. The van der Waals surface area contributed by atoms with Gasteiger partial charge in [0.15, 0.2) is 0 Å². The van der Waals surface area contributed by atoms with Crippen LogP contribution in [0.25, 0.3) is 27.9 Å². The van der Waals surface area contributed by atoms with Gasteiger partial charge in [0, 0.05) is 40.8 Å². The lowest BCUT2D eigenvalue weighted by Crippen LogP contribution is -2.15. The van der Waals surface area contributed by atoms with Crippen LogP contribution in [0, 0.1) is 11.3 Å². The van der Waals surface area contributed by atoms with E-state index in [2.05, 4.69) is 9.72 Å².